The zero-order chi connectivity index (χ0) is 10.4. The molecular weight excluding hydrogens is 168 g/mol. The van der Waals surface area contributed by atoms with Crippen LogP contribution >= 0.6 is 0 Å². The fourth-order valence-corrected chi connectivity index (χ4v) is 3.08. The van der Waals surface area contributed by atoms with Gasteiger partial charge in [0.2, 0.25) is 0 Å². The molecule has 2 aliphatic rings. The Morgan fingerprint density at radius 2 is 1.14 bits per heavy atom. The average Bonchev–Trinajstić information content (AvgIpc) is 2.14. The van der Waals surface area contributed by atoms with Gasteiger partial charge in [-0.15, -0.1) is 0 Å². The van der Waals surface area contributed by atoms with Gasteiger partial charge < -0.3 is 0 Å². The lowest BCUT2D eigenvalue weighted by molar-refractivity contribution is 0.0333. The molecule has 0 spiro atoms. The zero-order valence-electron chi connectivity index (χ0n) is 9.88. The molecule has 0 radical (unpaired) electrons. The van der Waals surface area contributed by atoms with Crippen molar-refractivity contribution in [1.82, 2.24) is 0 Å². The van der Waals surface area contributed by atoms with Crippen molar-refractivity contribution in [2.75, 3.05) is 0 Å². The Morgan fingerprint density at radius 3 is 1.50 bits per heavy atom. The van der Waals surface area contributed by atoms with Crippen LogP contribution in [0.15, 0.2) is 24.3 Å². The van der Waals surface area contributed by atoms with Crippen LogP contribution in [0.3, 0.4) is 0 Å². The third-order valence-electron chi connectivity index (χ3n) is 4.35. The molecule has 2 rings (SSSR count). The van der Waals surface area contributed by atoms with Crippen molar-refractivity contribution in [2.45, 2.75) is 40.5 Å². The second-order valence-electron chi connectivity index (χ2n) is 6.30. The monoisotopic (exact) mass is 190 g/mol. The smallest absolute Gasteiger partial charge is 0.0111 e. The fraction of sp³-hybridized carbons (Fsp3) is 0.714. The van der Waals surface area contributed by atoms with E-state index in [2.05, 4.69) is 52.0 Å². The van der Waals surface area contributed by atoms with Gasteiger partial charge in [-0.2, -0.15) is 0 Å². The van der Waals surface area contributed by atoms with Crippen molar-refractivity contribution in [1.29, 1.82) is 0 Å². The molecule has 0 bridgehead atoms. The Morgan fingerprint density at radius 1 is 0.786 bits per heavy atom. The predicted molar refractivity (Wildman–Crippen MR) is 62.1 cm³/mol. The molecule has 1 saturated carbocycles. The lowest BCUT2D eigenvalue weighted by atomic mass is 9.54. The highest BCUT2D eigenvalue weighted by Crippen LogP contribution is 2.54. The first kappa shape index (κ1) is 10.0. The van der Waals surface area contributed by atoms with E-state index in [1.54, 1.807) is 0 Å². The Hall–Kier alpha value is -0.520. The molecule has 0 aromatic heterocycles. The minimum absolute atomic E-state index is 0.488. The summed E-state index contributed by atoms with van der Waals surface area (Å²) in [6, 6.07) is 0. The van der Waals surface area contributed by atoms with Gasteiger partial charge in [-0.3, -0.25) is 0 Å². The van der Waals surface area contributed by atoms with E-state index < -0.39 is 0 Å². The van der Waals surface area contributed by atoms with E-state index >= 15 is 0 Å². The summed E-state index contributed by atoms with van der Waals surface area (Å²) in [5.74, 6) is 1.49. The first-order valence-corrected chi connectivity index (χ1v) is 5.78. The summed E-state index contributed by atoms with van der Waals surface area (Å²) < 4.78 is 0. The summed E-state index contributed by atoms with van der Waals surface area (Å²) >= 11 is 0. The van der Waals surface area contributed by atoms with Crippen LogP contribution in [0, 0.1) is 22.7 Å². The van der Waals surface area contributed by atoms with Gasteiger partial charge in [0.1, 0.15) is 0 Å². The molecule has 0 amide bonds. The molecule has 0 heterocycles. The van der Waals surface area contributed by atoms with E-state index in [0.29, 0.717) is 10.8 Å². The van der Waals surface area contributed by atoms with Crippen molar-refractivity contribution in [3.05, 3.63) is 24.3 Å². The normalized spacial score (nSPS) is 38.0. The first-order valence-electron chi connectivity index (χ1n) is 5.78. The SMILES string of the molecule is CC1(C)CCC(C)(C)C2C=CC=CC21. The second kappa shape index (κ2) is 2.98. The highest BCUT2D eigenvalue weighted by atomic mass is 14.5. The lowest BCUT2D eigenvalue weighted by Crippen LogP contribution is -2.43. The molecule has 2 aliphatic carbocycles. The first-order chi connectivity index (χ1) is 6.43. The quantitative estimate of drug-likeness (QED) is 0.537. The van der Waals surface area contributed by atoms with E-state index in [1.165, 1.54) is 12.8 Å². The second-order valence-corrected chi connectivity index (χ2v) is 6.30. The maximum absolute atomic E-state index is 2.42. The molecule has 2 atom stereocenters. The summed E-state index contributed by atoms with van der Waals surface area (Å²) in [5, 5.41) is 0. The molecule has 0 N–H and O–H groups in total. The van der Waals surface area contributed by atoms with Crippen molar-refractivity contribution in [3.63, 3.8) is 0 Å². The van der Waals surface area contributed by atoms with Gasteiger partial charge in [-0.25, -0.2) is 0 Å². The molecule has 0 aromatic carbocycles. The van der Waals surface area contributed by atoms with Gasteiger partial charge >= 0.3 is 0 Å². The van der Waals surface area contributed by atoms with Gasteiger partial charge in [0.15, 0.2) is 0 Å². The molecule has 0 heteroatoms. The highest BCUT2D eigenvalue weighted by Gasteiger charge is 2.45. The van der Waals surface area contributed by atoms with Crippen LogP contribution < -0.4 is 0 Å². The van der Waals surface area contributed by atoms with E-state index in [4.69, 9.17) is 0 Å². The van der Waals surface area contributed by atoms with Crippen molar-refractivity contribution in [3.8, 4) is 0 Å². The maximum atomic E-state index is 2.42. The summed E-state index contributed by atoms with van der Waals surface area (Å²) in [6.45, 7) is 9.68. The van der Waals surface area contributed by atoms with Gasteiger partial charge in [0.05, 0.1) is 0 Å². The van der Waals surface area contributed by atoms with Gasteiger partial charge in [0.25, 0.3) is 0 Å². The number of hydrogen-bond donors (Lipinski definition) is 0. The van der Waals surface area contributed by atoms with Crippen LogP contribution in [-0.2, 0) is 0 Å². The molecular formula is C14H22. The number of hydrogen-bond acceptors (Lipinski definition) is 0. The van der Waals surface area contributed by atoms with Gasteiger partial charge in [-0.05, 0) is 35.5 Å². The topological polar surface area (TPSA) is 0 Å². The largest absolute Gasteiger partial charge is 0.0803 e. The van der Waals surface area contributed by atoms with Crippen LogP contribution in [0.5, 0.6) is 0 Å². The summed E-state index contributed by atoms with van der Waals surface area (Å²) in [5.41, 5.74) is 0.975. The molecule has 2 unspecified atom stereocenters. The van der Waals surface area contributed by atoms with E-state index in [1.807, 2.05) is 0 Å². The standard InChI is InChI=1S/C14H22/c1-13(2)9-10-14(3,4)12-8-6-5-7-11(12)13/h5-8,11-12H,9-10H2,1-4H3. The Bertz CT molecular complexity index is 248. The Labute approximate surface area is 88.1 Å². The van der Waals surface area contributed by atoms with Crippen LogP contribution in [0.1, 0.15) is 40.5 Å². The molecule has 0 nitrogen and oxygen atoms in total. The highest BCUT2D eigenvalue weighted by molar-refractivity contribution is 5.20. The number of fused-ring (bicyclic) bond motifs is 1. The molecule has 0 aliphatic heterocycles. The Kier molecular flexibility index (Phi) is 2.13. The maximum Gasteiger partial charge on any atom is -0.0111 e. The fourth-order valence-electron chi connectivity index (χ4n) is 3.08. The molecule has 14 heavy (non-hydrogen) atoms. The van der Waals surface area contributed by atoms with Crippen molar-refractivity contribution < 1.29 is 0 Å². The number of rotatable bonds is 0. The van der Waals surface area contributed by atoms with E-state index in [-0.39, 0.29) is 0 Å². The predicted octanol–water partition coefficient (Wildman–Crippen LogP) is 4.19. The minimum Gasteiger partial charge on any atom is -0.0803 e. The average molecular weight is 190 g/mol. The summed E-state index contributed by atoms with van der Waals surface area (Å²) in [7, 11) is 0. The molecule has 0 aromatic rings. The van der Waals surface area contributed by atoms with Crippen molar-refractivity contribution >= 4 is 0 Å². The van der Waals surface area contributed by atoms with Crippen LogP contribution in [0.4, 0.5) is 0 Å². The Balaban J connectivity index is 2.34. The molecule has 1 fully saturated rings. The number of allylic oxidation sites excluding steroid dienone is 4. The van der Waals surface area contributed by atoms with Crippen LogP contribution in [0.25, 0.3) is 0 Å². The lowest BCUT2D eigenvalue weighted by Gasteiger charge is -2.51. The minimum atomic E-state index is 0.488. The van der Waals surface area contributed by atoms with Gasteiger partial charge in [0, 0.05) is 0 Å². The third kappa shape index (κ3) is 1.45. The van der Waals surface area contributed by atoms with Crippen LogP contribution in [-0.4, -0.2) is 0 Å². The van der Waals surface area contributed by atoms with Gasteiger partial charge in [-0.1, -0.05) is 52.0 Å². The van der Waals surface area contributed by atoms with E-state index in [0.717, 1.165) is 11.8 Å². The van der Waals surface area contributed by atoms with Crippen molar-refractivity contribution in [2.24, 2.45) is 22.7 Å². The summed E-state index contributed by atoms with van der Waals surface area (Å²) in [6.07, 6.45) is 12.0. The molecule has 78 valence electrons. The van der Waals surface area contributed by atoms with Crippen LogP contribution in [0.2, 0.25) is 0 Å². The summed E-state index contributed by atoms with van der Waals surface area (Å²) in [4.78, 5) is 0. The van der Waals surface area contributed by atoms with E-state index in [9.17, 15) is 0 Å². The molecule has 0 saturated heterocycles. The third-order valence-corrected chi connectivity index (χ3v) is 4.35. The zero-order valence-corrected chi connectivity index (χ0v) is 9.88.